The molecule has 1 rings (SSSR count). The molecule has 102 valence electrons. The van der Waals surface area contributed by atoms with E-state index in [1.54, 1.807) is 13.0 Å². The van der Waals surface area contributed by atoms with Crippen molar-refractivity contribution in [2.24, 2.45) is 0 Å². The Balaban J connectivity index is 2.45. The van der Waals surface area contributed by atoms with Crippen LogP contribution in [-0.4, -0.2) is 39.5 Å². The first kappa shape index (κ1) is 14.7. The Labute approximate surface area is 106 Å². The molecule has 1 aromatic rings. The zero-order valence-corrected chi connectivity index (χ0v) is 11.2. The second kappa shape index (κ2) is 6.55. The molecule has 0 saturated heterocycles. The molecule has 0 aromatic carbocycles. The lowest BCUT2D eigenvalue weighted by molar-refractivity contribution is 0.0919. The summed E-state index contributed by atoms with van der Waals surface area (Å²) >= 11 is 0. The van der Waals surface area contributed by atoms with Crippen molar-refractivity contribution in [3.05, 3.63) is 23.7 Å². The zero-order valence-electron chi connectivity index (χ0n) is 10.4. The molecule has 0 aliphatic heterocycles. The van der Waals surface area contributed by atoms with Crippen LogP contribution < -0.4 is 5.32 Å². The quantitative estimate of drug-likeness (QED) is 0.787. The molecule has 1 N–H and O–H groups in total. The first-order chi connectivity index (χ1) is 8.48. The Kier molecular flexibility index (Phi) is 5.36. The molecule has 0 unspecified atom stereocenters. The Morgan fingerprint density at radius 2 is 2.17 bits per heavy atom. The molecule has 0 spiro atoms. The highest BCUT2D eigenvalue weighted by Gasteiger charge is 2.12. The third-order valence-corrected chi connectivity index (χ3v) is 4.02. The first-order valence-electron chi connectivity index (χ1n) is 5.54. The molecule has 1 aromatic heterocycles. The van der Waals surface area contributed by atoms with Gasteiger partial charge in [0.2, 0.25) is 0 Å². The summed E-state index contributed by atoms with van der Waals surface area (Å²) in [6.07, 6.45) is 0. The van der Waals surface area contributed by atoms with E-state index in [1.165, 1.54) is 13.2 Å². The van der Waals surface area contributed by atoms with E-state index < -0.39 is 15.7 Å². The van der Waals surface area contributed by atoms with Gasteiger partial charge in [0.1, 0.15) is 12.4 Å². The Hall–Kier alpha value is -1.34. The van der Waals surface area contributed by atoms with E-state index in [9.17, 15) is 13.2 Å². The molecule has 0 aliphatic carbocycles. The van der Waals surface area contributed by atoms with Crippen LogP contribution in [0.1, 0.15) is 23.2 Å². The van der Waals surface area contributed by atoms with Gasteiger partial charge in [-0.05, 0) is 12.1 Å². The largest absolute Gasteiger partial charge is 0.453 e. The van der Waals surface area contributed by atoms with Crippen LogP contribution in [0.5, 0.6) is 0 Å². The van der Waals surface area contributed by atoms with Crippen LogP contribution in [0.3, 0.4) is 0 Å². The fraction of sp³-hybridized carbons (Fsp3) is 0.545. The fourth-order valence-electron chi connectivity index (χ4n) is 1.27. The summed E-state index contributed by atoms with van der Waals surface area (Å²) in [5.74, 6) is 0.270. The molecular formula is C11H17NO5S. The summed E-state index contributed by atoms with van der Waals surface area (Å²) in [4.78, 5) is 11.6. The van der Waals surface area contributed by atoms with Crippen molar-refractivity contribution in [2.45, 2.75) is 13.5 Å². The van der Waals surface area contributed by atoms with Crippen LogP contribution in [0, 0.1) is 0 Å². The molecule has 7 heteroatoms. The standard InChI is InChI=1S/C11H17NO5S/c1-3-18(14,15)7-6-12-11(13)10-5-4-9(17-10)8-16-2/h4-5H,3,6-8H2,1-2H3,(H,12,13). The Morgan fingerprint density at radius 1 is 1.44 bits per heavy atom. The normalized spacial score (nSPS) is 11.4. The summed E-state index contributed by atoms with van der Waals surface area (Å²) in [6.45, 7) is 1.94. The molecule has 0 atom stereocenters. The maximum atomic E-state index is 11.6. The highest BCUT2D eigenvalue weighted by Crippen LogP contribution is 2.08. The molecular weight excluding hydrogens is 258 g/mol. The van der Waals surface area contributed by atoms with E-state index in [2.05, 4.69) is 5.32 Å². The fourth-order valence-corrected chi connectivity index (χ4v) is 1.97. The predicted octanol–water partition coefficient (Wildman–Crippen LogP) is 0.591. The average Bonchev–Trinajstić information content (AvgIpc) is 2.78. The van der Waals surface area contributed by atoms with Crippen molar-refractivity contribution in [1.82, 2.24) is 5.32 Å². The summed E-state index contributed by atoms with van der Waals surface area (Å²) in [6, 6.07) is 3.17. The SMILES string of the molecule is CCS(=O)(=O)CCNC(=O)c1ccc(COC)o1. The molecule has 0 aliphatic rings. The van der Waals surface area contributed by atoms with E-state index in [-0.39, 0.29) is 30.4 Å². The summed E-state index contributed by atoms with van der Waals surface area (Å²) in [5.41, 5.74) is 0. The third kappa shape index (κ3) is 4.50. The van der Waals surface area contributed by atoms with Crippen LogP contribution in [0.4, 0.5) is 0 Å². The number of nitrogens with one attached hydrogen (secondary N) is 1. The van der Waals surface area contributed by atoms with Crippen molar-refractivity contribution in [2.75, 3.05) is 25.2 Å². The lowest BCUT2D eigenvalue weighted by Crippen LogP contribution is -2.29. The first-order valence-corrected chi connectivity index (χ1v) is 7.37. The van der Waals surface area contributed by atoms with E-state index in [4.69, 9.17) is 9.15 Å². The molecule has 1 heterocycles. The molecule has 6 nitrogen and oxygen atoms in total. The van der Waals surface area contributed by atoms with Crippen LogP contribution in [0.25, 0.3) is 0 Å². The minimum absolute atomic E-state index is 0.0686. The van der Waals surface area contributed by atoms with Crippen molar-refractivity contribution < 1.29 is 22.4 Å². The van der Waals surface area contributed by atoms with Gasteiger partial charge in [-0.2, -0.15) is 0 Å². The number of methoxy groups -OCH3 is 1. The maximum Gasteiger partial charge on any atom is 0.287 e. The maximum absolute atomic E-state index is 11.6. The van der Waals surface area contributed by atoms with E-state index in [1.807, 2.05) is 0 Å². The van der Waals surface area contributed by atoms with Gasteiger partial charge in [-0.1, -0.05) is 6.92 Å². The van der Waals surface area contributed by atoms with Gasteiger partial charge in [-0.15, -0.1) is 0 Å². The number of furan rings is 1. The van der Waals surface area contributed by atoms with Gasteiger partial charge in [-0.3, -0.25) is 4.79 Å². The van der Waals surface area contributed by atoms with E-state index in [0.29, 0.717) is 5.76 Å². The van der Waals surface area contributed by atoms with E-state index >= 15 is 0 Å². The van der Waals surface area contributed by atoms with Crippen LogP contribution >= 0.6 is 0 Å². The van der Waals surface area contributed by atoms with Crippen molar-refractivity contribution in [3.8, 4) is 0 Å². The molecule has 0 fully saturated rings. The van der Waals surface area contributed by atoms with Crippen molar-refractivity contribution in [1.29, 1.82) is 0 Å². The topological polar surface area (TPSA) is 85.6 Å². The number of rotatable bonds is 7. The van der Waals surface area contributed by atoms with Gasteiger partial charge in [0, 0.05) is 19.4 Å². The highest BCUT2D eigenvalue weighted by atomic mass is 32.2. The molecule has 0 radical (unpaired) electrons. The number of amides is 1. The van der Waals surface area contributed by atoms with E-state index in [0.717, 1.165) is 0 Å². The average molecular weight is 275 g/mol. The van der Waals surface area contributed by atoms with Crippen LogP contribution in [0.2, 0.25) is 0 Å². The third-order valence-electron chi connectivity index (χ3n) is 2.31. The zero-order chi connectivity index (χ0) is 13.6. The lowest BCUT2D eigenvalue weighted by atomic mass is 10.4. The predicted molar refractivity (Wildman–Crippen MR) is 66.1 cm³/mol. The van der Waals surface area contributed by atoms with Gasteiger partial charge in [0.15, 0.2) is 15.6 Å². The van der Waals surface area contributed by atoms with Gasteiger partial charge >= 0.3 is 0 Å². The number of carbonyl (C=O) groups is 1. The summed E-state index contributed by atoms with van der Waals surface area (Å²) in [5, 5.41) is 2.49. The second-order valence-corrected chi connectivity index (χ2v) is 6.16. The minimum Gasteiger partial charge on any atom is -0.453 e. The summed E-state index contributed by atoms with van der Waals surface area (Å²) in [7, 11) is -1.54. The van der Waals surface area contributed by atoms with Crippen molar-refractivity contribution >= 4 is 15.7 Å². The minimum atomic E-state index is -3.07. The molecule has 0 saturated carbocycles. The molecule has 0 bridgehead atoms. The molecule has 1 amide bonds. The van der Waals surface area contributed by atoms with Crippen LogP contribution in [-0.2, 0) is 21.2 Å². The number of hydrogen-bond donors (Lipinski definition) is 1. The van der Waals surface area contributed by atoms with Gasteiger partial charge in [-0.25, -0.2) is 8.42 Å². The Morgan fingerprint density at radius 3 is 2.78 bits per heavy atom. The Bertz CT molecular complexity index is 491. The van der Waals surface area contributed by atoms with Gasteiger partial charge in [0.05, 0.1) is 5.75 Å². The van der Waals surface area contributed by atoms with Crippen LogP contribution in [0.15, 0.2) is 16.5 Å². The van der Waals surface area contributed by atoms with Crippen molar-refractivity contribution in [3.63, 3.8) is 0 Å². The summed E-state index contributed by atoms with van der Waals surface area (Å²) < 4.78 is 32.5. The second-order valence-electron chi connectivity index (χ2n) is 3.69. The lowest BCUT2D eigenvalue weighted by Gasteiger charge is -2.03. The number of ether oxygens (including phenoxy) is 1. The highest BCUT2D eigenvalue weighted by molar-refractivity contribution is 7.91. The number of carbonyl (C=O) groups excluding carboxylic acids is 1. The monoisotopic (exact) mass is 275 g/mol. The number of hydrogen-bond acceptors (Lipinski definition) is 5. The number of sulfone groups is 1. The van der Waals surface area contributed by atoms with Gasteiger partial charge < -0.3 is 14.5 Å². The smallest absolute Gasteiger partial charge is 0.287 e. The molecule has 18 heavy (non-hydrogen) atoms. The van der Waals surface area contributed by atoms with Gasteiger partial charge in [0.25, 0.3) is 5.91 Å².